The van der Waals surface area contributed by atoms with Crippen molar-refractivity contribution in [2.45, 2.75) is 25.8 Å². The first-order chi connectivity index (χ1) is 10.1. The number of anilines is 1. The molecule has 2 rings (SSSR count). The molecule has 0 aliphatic rings. The first-order valence-corrected chi connectivity index (χ1v) is 7.81. The van der Waals surface area contributed by atoms with Crippen molar-refractivity contribution in [1.29, 1.82) is 0 Å². The second kappa shape index (κ2) is 7.27. The second-order valence-corrected chi connectivity index (χ2v) is 5.91. The Balaban J connectivity index is 2.18. The van der Waals surface area contributed by atoms with Crippen molar-refractivity contribution in [3.8, 4) is 0 Å². The van der Waals surface area contributed by atoms with Gasteiger partial charge in [0.05, 0.1) is 6.04 Å². The van der Waals surface area contributed by atoms with Crippen molar-refractivity contribution in [2.75, 3.05) is 5.73 Å². The van der Waals surface area contributed by atoms with Gasteiger partial charge in [0.15, 0.2) is 0 Å². The van der Waals surface area contributed by atoms with Gasteiger partial charge in [-0.05, 0) is 30.2 Å². The molecule has 1 unspecified atom stereocenters. The molecule has 0 radical (unpaired) electrons. The van der Waals surface area contributed by atoms with Crippen LogP contribution in [0.25, 0.3) is 0 Å². The molecule has 3 nitrogen and oxygen atoms in total. The molecule has 0 spiro atoms. The molecule has 1 atom stereocenters. The number of amides is 1. The third kappa shape index (κ3) is 4.33. The zero-order valence-corrected chi connectivity index (χ0v) is 13.6. The van der Waals surface area contributed by atoms with Gasteiger partial charge in [0.1, 0.15) is 0 Å². The summed E-state index contributed by atoms with van der Waals surface area (Å²) >= 11 is 3.36. The Bertz CT molecular complexity index is 593. The molecule has 0 aromatic heterocycles. The van der Waals surface area contributed by atoms with Gasteiger partial charge in [-0.3, -0.25) is 4.79 Å². The van der Waals surface area contributed by atoms with Gasteiger partial charge >= 0.3 is 0 Å². The van der Waals surface area contributed by atoms with E-state index in [-0.39, 0.29) is 11.9 Å². The standard InChI is InChI=1S/C17H19BrN2O/c1-2-6-16(12-7-4-3-5-8-12)20-17(21)13-9-14(18)11-15(19)10-13/h3-5,7-11,16H,2,6,19H2,1H3,(H,20,21). The fraction of sp³-hybridized carbons (Fsp3) is 0.235. The Morgan fingerprint density at radius 1 is 1.24 bits per heavy atom. The lowest BCUT2D eigenvalue weighted by molar-refractivity contribution is 0.0934. The summed E-state index contributed by atoms with van der Waals surface area (Å²) in [5.74, 6) is -0.106. The molecule has 0 bridgehead atoms. The highest BCUT2D eigenvalue weighted by Gasteiger charge is 2.15. The topological polar surface area (TPSA) is 55.1 Å². The highest BCUT2D eigenvalue weighted by molar-refractivity contribution is 9.10. The molecule has 0 fully saturated rings. The molecule has 2 aromatic carbocycles. The average molecular weight is 347 g/mol. The molecule has 0 aliphatic carbocycles. The second-order valence-electron chi connectivity index (χ2n) is 5.00. The smallest absolute Gasteiger partial charge is 0.251 e. The van der Waals surface area contributed by atoms with Gasteiger partial charge in [-0.1, -0.05) is 59.6 Å². The van der Waals surface area contributed by atoms with E-state index in [1.54, 1.807) is 18.2 Å². The molecule has 0 aliphatic heterocycles. The van der Waals surface area contributed by atoms with Crippen LogP contribution in [0.5, 0.6) is 0 Å². The van der Waals surface area contributed by atoms with E-state index < -0.39 is 0 Å². The predicted octanol–water partition coefficient (Wildman–Crippen LogP) is 4.30. The molecule has 21 heavy (non-hydrogen) atoms. The maximum atomic E-state index is 12.4. The van der Waals surface area contributed by atoms with E-state index in [0.717, 1.165) is 22.9 Å². The number of rotatable bonds is 5. The summed E-state index contributed by atoms with van der Waals surface area (Å²) in [7, 11) is 0. The van der Waals surface area contributed by atoms with Crippen molar-refractivity contribution in [3.63, 3.8) is 0 Å². The quantitative estimate of drug-likeness (QED) is 0.792. The van der Waals surface area contributed by atoms with Gasteiger partial charge < -0.3 is 11.1 Å². The van der Waals surface area contributed by atoms with Gasteiger partial charge in [-0.15, -0.1) is 0 Å². The number of nitrogen functional groups attached to an aromatic ring is 1. The summed E-state index contributed by atoms with van der Waals surface area (Å²) in [5, 5.41) is 3.09. The highest BCUT2D eigenvalue weighted by atomic mass is 79.9. The molecule has 0 heterocycles. The monoisotopic (exact) mass is 346 g/mol. The number of benzene rings is 2. The summed E-state index contributed by atoms with van der Waals surface area (Å²) in [6.45, 7) is 2.11. The lowest BCUT2D eigenvalue weighted by atomic mass is 10.0. The predicted molar refractivity (Wildman–Crippen MR) is 90.1 cm³/mol. The fourth-order valence-electron chi connectivity index (χ4n) is 2.28. The van der Waals surface area contributed by atoms with Crippen LogP contribution >= 0.6 is 15.9 Å². The zero-order valence-electron chi connectivity index (χ0n) is 12.0. The van der Waals surface area contributed by atoms with Crippen LogP contribution in [-0.4, -0.2) is 5.91 Å². The normalized spacial score (nSPS) is 11.9. The van der Waals surface area contributed by atoms with Crippen molar-refractivity contribution in [1.82, 2.24) is 5.32 Å². The van der Waals surface area contributed by atoms with E-state index in [4.69, 9.17) is 5.73 Å². The van der Waals surface area contributed by atoms with Crippen molar-refractivity contribution in [3.05, 3.63) is 64.1 Å². The van der Waals surface area contributed by atoms with Gasteiger partial charge in [-0.2, -0.15) is 0 Å². The van der Waals surface area contributed by atoms with Crippen LogP contribution in [0.15, 0.2) is 53.0 Å². The number of carbonyl (C=O) groups excluding carboxylic acids is 1. The molecule has 3 N–H and O–H groups in total. The van der Waals surface area contributed by atoms with Crippen LogP contribution in [0, 0.1) is 0 Å². The lowest BCUT2D eigenvalue weighted by Crippen LogP contribution is -2.28. The first kappa shape index (κ1) is 15.6. The molecule has 4 heteroatoms. The van der Waals surface area contributed by atoms with Crippen LogP contribution in [0.2, 0.25) is 0 Å². The molecular formula is C17H19BrN2O. The molecule has 0 saturated heterocycles. The van der Waals surface area contributed by atoms with E-state index in [1.165, 1.54) is 0 Å². The van der Waals surface area contributed by atoms with Crippen LogP contribution in [0.1, 0.15) is 41.7 Å². The minimum absolute atomic E-state index is 0.0175. The van der Waals surface area contributed by atoms with Crippen molar-refractivity contribution in [2.24, 2.45) is 0 Å². The van der Waals surface area contributed by atoms with Gasteiger partial charge in [0.2, 0.25) is 0 Å². The van der Waals surface area contributed by atoms with E-state index >= 15 is 0 Å². The Labute approximate surface area is 133 Å². The Morgan fingerprint density at radius 2 is 1.95 bits per heavy atom. The summed E-state index contributed by atoms with van der Waals surface area (Å²) in [6, 6.07) is 15.3. The minimum atomic E-state index is -0.106. The van der Waals surface area contributed by atoms with E-state index in [2.05, 4.69) is 28.2 Å². The average Bonchev–Trinajstić information content (AvgIpc) is 2.46. The third-order valence-corrected chi connectivity index (χ3v) is 3.72. The maximum Gasteiger partial charge on any atom is 0.251 e. The number of halogens is 1. The zero-order chi connectivity index (χ0) is 15.2. The Kier molecular flexibility index (Phi) is 5.39. The lowest BCUT2D eigenvalue weighted by Gasteiger charge is -2.19. The molecule has 2 aromatic rings. The number of nitrogens with two attached hydrogens (primary N) is 1. The summed E-state index contributed by atoms with van der Waals surface area (Å²) < 4.78 is 0.805. The van der Waals surface area contributed by atoms with Crippen LogP contribution in [0.3, 0.4) is 0 Å². The number of hydrogen-bond acceptors (Lipinski definition) is 2. The van der Waals surface area contributed by atoms with Gasteiger partial charge in [0, 0.05) is 15.7 Å². The van der Waals surface area contributed by atoms with Crippen molar-refractivity contribution >= 4 is 27.5 Å². The number of hydrogen-bond donors (Lipinski definition) is 2. The van der Waals surface area contributed by atoms with E-state index in [1.807, 2.05) is 30.3 Å². The van der Waals surface area contributed by atoms with Crippen LogP contribution < -0.4 is 11.1 Å². The molecular weight excluding hydrogens is 328 g/mol. The molecule has 1 amide bonds. The molecule has 110 valence electrons. The van der Waals surface area contributed by atoms with E-state index in [9.17, 15) is 4.79 Å². The highest BCUT2D eigenvalue weighted by Crippen LogP contribution is 2.21. The molecule has 0 saturated carbocycles. The first-order valence-electron chi connectivity index (χ1n) is 7.02. The minimum Gasteiger partial charge on any atom is -0.399 e. The SMILES string of the molecule is CCCC(NC(=O)c1cc(N)cc(Br)c1)c1ccccc1. The van der Waals surface area contributed by atoms with Gasteiger partial charge in [0.25, 0.3) is 5.91 Å². The number of nitrogens with one attached hydrogen (secondary N) is 1. The largest absolute Gasteiger partial charge is 0.399 e. The number of carbonyl (C=O) groups is 1. The van der Waals surface area contributed by atoms with Gasteiger partial charge in [-0.25, -0.2) is 0 Å². The van der Waals surface area contributed by atoms with E-state index in [0.29, 0.717) is 11.3 Å². The fourth-order valence-corrected chi connectivity index (χ4v) is 2.79. The van der Waals surface area contributed by atoms with Crippen LogP contribution in [-0.2, 0) is 0 Å². The van der Waals surface area contributed by atoms with Crippen molar-refractivity contribution < 1.29 is 4.79 Å². The Morgan fingerprint density at radius 3 is 2.57 bits per heavy atom. The summed E-state index contributed by atoms with van der Waals surface area (Å²) in [5.41, 5.74) is 8.05. The summed E-state index contributed by atoms with van der Waals surface area (Å²) in [6.07, 6.45) is 1.90. The van der Waals surface area contributed by atoms with Crippen LogP contribution in [0.4, 0.5) is 5.69 Å². The third-order valence-electron chi connectivity index (χ3n) is 3.27. The summed E-state index contributed by atoms with van der Waals surface area (Å²) in [4.78, 5) is 12.4. The maximum absolute atomic E-state index is 12.4. The Hall–Kier alpha value is -1.81.